The van der Waals surface area contributed by atoms with Crippen LogP contribution in [0.4, 0.5) is 13.2 Å². The molecule has 0 bridgehead atoms. The monoisotopic (exact) mass is 458 g/mol. The number of hydrogen-bond acceptors (Lipinski definition) is 5. The highest BCUT2D eigenvalue weighted by atomic mass is 32.2. The van der Waals surface area contributed by atoms with Gasteiger partial charge in [-0.2, -0.15) is 13.2 Å². The van der Waals surface area contributed by atoms with Crippen LogP contribution >= 0.6 is 0 Å². The molecule has 1 atom stereocenters. The Morgan fingerprint density at radius 1 is 1.10 bits per heavy atom. The van der Waals surface area contributed by atoms with Crippen LogP contribution < -0.4 is 19.5 Å². The largest absolute Gasteiger partial charge is 0.486 e. The summed E-state index contributed by atoms with van der Waals surface area (Å²) in [7, 11) is -3.88. The van der Waals surface area contributed by atoms with Gasteiger partial charge in [0.05, 0.1) is 16.5 Å². The van der Waals surface area contributed by atoms with Crippen molar-refractivity contribution in [2.75, 3.05) is 19.8 Å². The van der Waals surface area contributed by atoms with E-state index in [9.17, 15) is 26.4 Å². The molecule has 11 heteroatoms. The standard InChI is InChI=1S/C20H21F3N2O5S/c1-13(14-3-2-4-15(11-14)20(21,22)23)25-19(26)7-8-24-31(27,28)16-5-6-17-18(12-16)30-10-9-29-17/h2-6,11-13,24H,7-10H2,1H3,(H,25,26)/t13-/m0/s1. The number of rotatable bonds is 7. The lowest BCUT2D eigenvalue weighted by Gasteiger charge is -2.19. The Kier molecular flexibility index (Phi) is 6.75. The summed E-state index contributed by atoms with van der Waals surface area (Å²) in [6.45, 7) is 2.06. The summed E-state index contributed by atoms with van der Waals surface area (Å²) in [4.78, 5) is 12.1. The van der Waals surface area contributed by atoms with Crippen LogP contribution in [0.2, 0.25) is 0 Å². The molecule has 0 spiro atoms. The Balaban J connectivity index is 1.54. The van der Waals surface area contributed by atoms with Gasteiger partial charge >= 0.3 is 6.18 Å². The van der Waals surface area contributed by atoms with E-state index in [4.69, 9.17) is 9.47 Å². The SMILES string of the molecule is C[C@H](NC(=O)CCNS(=O)(=O)c1ccc2c(c1)OCCO2)c1cccc(C(F)(F)F)c1. The third-order valence-electron chi connectivity index (χ3n) is 4.56. The van der Waals surface area contributed by atoms with Crippen LogP contribution in [0.1, 0.15) is 30.5 Å². The minimum Gasteiger partial charge on any atom is -0.486 e. The first-order valence-corrected chi connectivity index (χ1v) is 10.9. The molecule has 1 aliphatic heterocycles. The number of hydrogen-bond donors (Lipinski definition) is 2. The van der Waals surface area contributed by atoms with Gasteiger partial charge in [0.1, 0.15) is 13.2 Å². The molecule has 2 aromatic carbocycles. The molecular weight excluding hydrogens is 437 g/mol. The molecule has 0 aromatic heterocycles. The van der Waals surface area contributed by atoms with E-state index in [0.29, 0.717) is 30.3 Å². The van der Waals surface area contributed by atoms with Crippen molar-refractivity contribution in [3.63, 3.8) is 0 Å². The quantitative estimate of drug-likeness (QED) is 0.665. The zero-order valence-electron chi connectivity index (χ0n) is 16.5. The summed E-state index contributed by atoms with van der Waals surface area (Å²) in [5.41, 5.74) is -0.515. The number of sulfonamides is 1. The third kappa shape index (κ3) is 5.88. The van der Waals surface area contributed by atoms with Gasteiger partial charge in [-0.05, 0) is 36.8 Å². The molecule has 2 N–H and O–H groups in total. The number of carbonyl (C=O) groups is 1. The number of carbonyl (C=O) groups excluding carboxylic acids is 1. The molecule has 1 aliphatic rings. The second-order valence-electron chi connectivity index (χ2n) is 6.87. The van der Waals surface area contributed by atoms with Crippen molar-refractivity contribution in [2.45, 2.75) is 30.5 Å². The Labute approximate surface area is 177 Å². The highest BCUT2D eigenvalue weighted by Gasteiger charge is 2.30. The van der Waals surface area contributed by atoms with Crippen molar-refractivity contribution in [3.8, 4) is 11.5 Å². The van der Waals surface area contributed by atoms with Gasteiger partial charge in [0.2, 0.25) is 15.9 Å². The van der Waals surface area contributed by atoms with Gasteiger partial charge in [-0.3, -0.25) is 4.79 Å². The highest BCUT2D eigenvalue weighted by molar-refractivity contribution is 7.89. The number of alkyl halides is 3. The van der Waals surface area contributed by atoms with Gasteiger partial charge in [0, 0.05) is 19.0 Å². The number of nitrogens with one attached hydrogen (secondary N) is 2. The molecule has 7 nitrogen and oxygen atoms in total. The normalized spacial score (nSPS) is 14.7. The fourth-order valence-corrected chi connectivity index (χ4v) is 4.00. The molecule has 0 radical (unpaired) electrons. The van der Waals surface area contributed by atoms with E-state index in [-0.39, 0.29) is 17.9 Å². The van der Waals surface area contributed by atoms with Gasteiger partial charge in [-0.1, -0.05) is 12.1 Å². The molecule has 31 heavy (non-hydrogen) atoms. The molecule has 0 aliphatic carbocycles. The molecule has 3 rings (SSSR count). The second kappa shape index (κ2) is 9.15. The van der Waals surface area contributed by atoms with Crippen molar-refractivity contribution in [1.82, 2.24) is 10.0 Å². The minimum atomic E-state index is -4.48. The molecule has 0 unspecified atom stereocenters. The number of ether oxygens (including phenoxy) is 2. The van der Waals surface area contributed by atoms with Crippen LogP contribution in [0.3, 0.4) is 0 Å². The summed E-state index contributed by atoms with van der Waals surface area (Å²) in [5.74, 6) is 0.268. The highest BCUT2D eigenvalue weighted by Crippen LogP contribution is 2.32. The third-order valence-corrected chi connectivity index (χ3v) is 6.02. The van der Waals surface area contributed by atoms with Crippen molar-refractivity contribution in [3.05, 3.63) is 53.6 Å². The summed E-state index contributed by atoms with van der Waals surface area (Å²) in [6.07, 6.45) is -4.67. The van der Waals surface area contributed by atoms with Gasteiger partial charge in [-0.15, -0.1) is 0 Å². The van der Waals surface area contributed by atoms with E-state index in [1.807, 2.05) is 0 Å². The molecule has 0 saturated heterocycles. The molecule has 168 valence electrons. The maximum atomic E-state index is 12.8. The summed E-state index contributed by atoms with van der Waals surface area (Å²) < 4.78 is 76.4. The van der Waals surface area contributed by atoms with Crippen LogP contribution in [0.25, 0.3) is 0 Å². The number of halogens is 3. The number of benzene rings is 2. The molecular formula is C20H21F3N2O5S. The first kappa shape index (κ1) is 22.9. The van der Waals surface area contributed by atoms with Crippen molar-refractivity contribution in [1.29, 1.82) is 0 Å². The lowest BCUT2D eigenvalue weighted by Crippen LogP contribution is -2.32. The zero-order chi connectivity index (χ0) is 22.6. The van der Waals surface area contributed by atoms with Gasteiger partial charge in [0.25, 0.3) is 0 Å². The first-order valence-electron chi connectivity index (χ1n) is 9.42. The predicted octanol–water partition coefficient (Wildman–Crippen LogP) is 3.02. The van der Waals surface area contributed by atoms with E-state index >= 15 is 0 Å². The molecule has 0 fully saturated rings. The predicted molar refractivity (Wildman–Crippen MR) is 105 cm³/mol. The van der Waals surface area contributed by atoms with Gasteiger partial charge < -0.3 is 14.8 Å². The minimum absolute atomic E-state index is 0.0329. The Hall–Kier alpha value is -2.79. The van der Waals surface area contributed by atoms with Gasteiger partial charge in [0.15, 0.2) is 11.5 Å². The van der Waals surface area contributed by atoms with Crippen molar-refractivity contribution < 1.29 is 35.9 Å². The van der Waals surface area contributed by atoms with Crippen molar-refractivity contribution >= 4 is 15.9 Å². The fraction of sp³-hybridized carbons (Fsp3) is 0.350. The Bertz CT molecular complexity index is 1060. The number of amides is 1. The maximum Gasteiger partial charge on any atom is 0.416 e. The Morgan fingerprint density at radius 2 is 1.81 bits per heavy atom. The topological polar surface area (TPSA) is 93.7 Å². The van der Waals surface area contributed by atoms with Crippen molar-refractivity contribution in [2.24, 2.45) is 0 Å². The average molecular weight is 458 g/mol. The lowest BCUT2D eigenvalue weighted by molar-refractivity contribution is -0.137. The molecule has 0 saturated carbocycles. The first-order chi connectivity index (χ1) is 14.6. The molecule has 2 aromatic rings. The van der Waals surface area contributed by atoms with E-state index in [2.05, 4.69) is 10.0 Å². The van der Waals surface area contributed by atoms with E-state index in [1.165, 1.54) is 30.3 Å². The van der Waals surface area contributed by atoms with Crippen LogP contribution in [0.5, 0.6) is 11.5 Å². The summed E-state index contributed by atoms with van der Waals surface area (Å²) in [6, 6.07) is 8.18. The van der Waals surface area contributed by atoms with Crippen LogP contribution in [-0.4, -0.2) is 34.1 Å². The molecule has 1 amide bonds. The fourth-order valence-electron chi connectivity index (χ4n) is 2.95. The summed E-state index contributed by atoms with van der Waals surface area (Å²) in [5, 5.41) is 2.56. The van der Waals surface area contributed by atoms with E-state index in [1.54, 1.807) is 6.92 Å². The van der Waals surface area contributed by atoms with Crippen LogP contribution in [0.15, 0.2) is 47.4 Å². The molecule has 1 heterocycles. The van der Waals surface area contributed by atoms with Gasteiger partial charge in [-0.25, -0.2) is 13.1 Å². The second-order valence-corrected chi connectivity index (χ2v) is 8.63. The average Bonchev–Trinajstić information content (AvgIpc) is 2.72. The van der Waals surface area contributed by atoms with Crippen LogP contribution in [-0.2, 0) is 21.0 Å². The Morgan fingerprint density at radius 3 is 2.52 bits per heavy atom. The van der Waals surface area contributed by atoms with Crippen LogP contribution in [0, 0.1) is 0 Å². The smallest absolute Gasteiger partial charge is 0.416 e. The summed E-state index contributed by atoms with van der Waals surface area (Å²) >= 11 is 0. The van der Waals surface area contributed by atoms with E-state index in [0.717, 1.165) is 12.1 Å². The maximum absolute atomic E-state index is 12.8. The lowest BCUT2D eigenvalue weighted by atomic mass is 10.0. The zero-order valence-corrected chi connectivity index (χ0v) is 17.3. The number of fused-ring (bicyclic) bond motifs is 1. The van der Waals surface area contributed by atoms with E-state index < -0.39 is 33.7 Å².